The zero-order valence-corrected chi connectivity index (χ0v) is 16.4. The lowest BCUT2D eigenvalue weighted by Crippen LogP contribution is -2.22. The van der Waals surface area contributed by atoms with Crippen LogP contribution in [0.1, 0.15) is 28.5 Å². The predicted octanol–water partition coefficient (Wildman–Crippen LogP) is 5.15. The van der Waals surface area contributed by atoms with Crippen molar-refractivity contribution in [2.75, 3.05) is 4.90 Å². The van der Waals surface area contributed by atoms with Crippen LogP contribution in [-0.2, 0) is 16.1 Å². The molecule has 1 aromatic heterocycles. The molecule has 0 saturated carbocycles. The van der Waals surface area contributed by atoms with Gasteiger partial charge >= 0.3 is 5.97 Å². The topological polar surface area (TPSA) is 59.5 Å². The summed E-state index contributed by atoms with van der Waals surface area (Å²) in [6.45, 7) is 3.47. The quantitative estimate of drug-likeness (QED) is 0.556. The minimum absolute atomic E-state index is 0.0153. The second kappa shape index (κ2) is 8.33. The molecule has 0 fully saturated rings. The number of esters is 1. The number of aromatic nitrogens is 1. The average molecular weight is 401 g/mol. The van der Waals surface area contributed by atoms with Crippen molar-refractivity contribution in [3.63, 3.8) is 0 Å². The number of aryl methyl sites for hydroxylation is 1. The molecule has 5 nitrogen and oxygen atoms in total. The molecule has 3 rings (SSSR count). The fourth-order valence-corrected chi connectivity index (χ4v) is 3.56. The smallest absolute Gasteiger partial charge is 0.338 e. The first-order valence-electron chi connectivity index (χ1n) is 8.18. The highest BCUT2D eigenvalue weighted by atomic mass is 35.5. The molecule has 0 atom stereocenters. The number of ether oxygens (including phenoxy) is 1. The van der Waals surface area contributed by atoms with Crippen molar-refractivity contribution in [1.82, 2.24) is 4.98 Å². The van der Waals surface area contributed by atoms with E-state index in [4.69, 9.17) is 16.3 Å². The van der Waals surface area contributed by atoms with Crippen LogP contribution in [-0.4, -0.2) is 16.9 Å². The Morgan fingerprint density at radius 3 is 2.67 bits per heavy atom. The lowest BCUT2D eigenvalue weighted by molar-refractivity contribution is -0.115. The van der Waals surface area contributed by atoms with Crippen molar-refractivity contribution in [2.45, 2.75) is 20.5 Å². The number of anilines is 2. The summed E-state index contributed by atoms with van der Waals surface area (Å²) in [5.74, 6) is -0.619. The van der Waals surface area contributed by atoms with Gasteiger partial charge in [-0.2, -0.15) is 0 Å². The summed E-state index contributed by atoms with van der Waals surface area (Å²) in [5.41, 5.74) is 2.75. The van der Waals surface area contributed by atoms with Crippen molar-refractivity contribution < 1.29 is 14.3 Å². The van der Waals surface area contributed by atoms with Crippen LogP contribution in [0.5, 0.6) is 0 Å². The third-order valence-corrected chi connectivity index (χ3v) is 4.83. The molecule has 1 amide bonds. The Balaban J connectivity index is 1.73. The van der Waals surface area contributed by atoms with Gasteiger partial charge in [0.2, 0.25) is 5.91 Å². The lowest BCUT2D eigenvalue weighted by Gasteiger charge is -2.18. The molecule has 0 aliphatic carbocycles. The van der Waals surface area contributed by atoms with Gasteiger partial charge in [-0.1, -0.05) is 29.8 Å². The van der Waals surface area contributed by atoms with E-state index in [0.717, 1.165) is 11.3 Å². The predicted molar refractivity (Wildman–Crippen MR) is 107 cm³/mol. The Kier molecular flexibility index (Phi) is 5.88. The van der Waals surface area contributed by atoms with Crippen molar-refractivity contribution in [3.8, 4) is 0 Å². The van der Waals surface area contributed by atoms with Gasteiger partial charge in [-0.25, -0.2) is 9.78 Å². The fourth-order valence-electron chi connectivity index (χ4n) is 2.50. The van der Waals surface area contributed by atoms with Gasteiger partial charge in [0.25, 0.3) is 0 Å². The lowest BCUT2D eigenvalue weighted by atomic mass is 10.2. The SMILES string of the molecule is CC(=O)N(c1cccc(C)c1)c1nc(COC(=O)c2cccc(Cl)c2)cs1. The normalized spacial score (nSPS) is 10.5. The molecule has 3 aromatic rings. The number of nitrogens with zero attached hydrogens (tertiary/aromatic N) is 2. The third-order valence-electron chi connectivity index (χ3n) is 3.72. The first-order valence-corrected chi connectivity index (χ1v) is 9.44. The Labute approximate surface area is 166 Å². The number of carbonyl (C=O) groups excluding carboxylic acids is 2. The van der Waals surface area contributed by atoms with Gasteiger partial charge in [0, 0.05) is 17.3 Å². The highest BCUT2D eigenvalue weighted by molar-refractivity contribution is 7.14. The highest BCUT2D eigenvalue weighted by Gasteiger charge is 2.18. The second-order valence-corrected chi connectivity index (χ2v) is 7.17. The Hall–Kier alpha value is -2.70. The van der Waals surface area contributed by atoms with E-state index in [2.05, 4.69) is 4.98 Å². The van der Waals surface area contributed by atoms with Crippen LogP contribution in [0.4, 0.5) is 10.8 Å². The minimum Gasteiger partial charge on any atom is -0.456 e. The molecular formula is C20H17ClN2O3S. The number of halogens is 1. The molecule has 1 heterocycles. The molecule has 0 radical (unpaired) electrons. The molecule has 0 aliphatic rings. The van der Waals surface area contributed by atoms with Crippen molar-refractivity contribution in [2.24, 2.45) is 0 Å². The van der Waals surface area contributed by atoms with E-state index in [1.54, 1.807) is 34.5 Å². The minimum atomic E-state index is -0.478. The Morgan fingerprint density at radius 1 is 1.19 bits per heavy atom. The van der Waals surface area contributed by atoms with Gasteiger partial charge < -0.3 is 4.74 Å². The summed E-state index contributed by atoms with van der Waals surface area (Å²) in [7, 11) is 0. The molecule has 27 heavy (non-hydrogen) atoms. The van der Waals surface area contributed by atoms with Crippen LogP contribution < -0.4 is 4.90 Å². The summed E-state index contributed by atoms with van der Waals surface area (Å²) in [4.78, 5) is 30.2. The van der Waals surface area contributed by atoms with E-state index in [0.29, 0.717) is 21.4 Å². The molecule has 2 aromatic carbocycles. The number of carbonyl (C=O) groups is 2. The van der Waals surface area contributed by atoms with E-state index in [1.165, 1.54) is 18.3 Å². The molecule has 0 saturated heterocycles. The zero-order valence-electron chi connectivity index (χ0n) is 14.8. The Morgan fingerprint density at radius 2 is 1.96 bits per heavy atom. The first kappa shape index (κ1) is 19.1. The van der Waals surface area contributed by atoms with Gasteiger partial charge in [0.1, 0.15) is 6.61 Å². The highest BCUT2D eigenvalue weighted by Crippen LogP contribution is 2.29. The largest absolute Gasteiger partial charge is 0.456 e. The van der Waals surface area contributed by atoms with Crippen LogP contribution in [0.15, 0.2) is 53.9 Å². The first-order chi connectivity index (χ1) is 12.9. The Bertz CT molecular complexity index is 987. The van der Waals surface area contributed by atoms with Crippen LogP contribution in [0.3, 0.4) is 0 Å². The second-order valence-electron chi connectivity index (χ2n) is 5.90. The van der Waals surface area contributed by atoms with Crippen LogP contribution in [0.2, 0.25) is 5.02 Å². The number of hydrogen-bond acceptors (Lipinski definition) is 5. The van der Waals surface area contributed by atoms with E-state index in [9.17, 15) is 9.59 Å². The molecule has 7 heteroatoms. The maximum absolute atomic E-state index is 12.1. The maximum atomic E-state index is 12.1. The molecule has 0 bridgehead atoms. The van der Waals surface area contributed by atoms with Gasteiger partial charge in [-0.05, 0) is 42.8 Å². The van der Waals surface area contributed by atoms with Crippen LogP contribution >= 0.6 is 22.9 Å². The van der Waals surface area contributed by atoms with E-state index in [1.807, 2.05) is 31.2 Å². The summed E-state index contributed by atoms with van der Waals surface area (Å²) >= 11 is 7.21. The van der Waals surface area contributed by atoms with Crippen molar-refractivity contribution in [1.29, 1.82) is 0 Å². The van der Waals surface area contributed by atoms with E-state index < -0.39 is 5.97 Å². The number of thiazole rings is 1. The van der Waals surface area contributed by atoms with Crippen LogP contribution in [0, 0.1) is 6.92 Å². The molecule has 0 aliphatic heterocycles. The summed E-state index contributed by atoms with van der Waals surface area (Å²) in [5, 5.41) is 2.77. The standard InChI is InChI=1S/C20H17ClN2O3S/c1-13-5-3-8-18(9-13)23(14(2)24)20-22-17(12-27-20)11-26-19(25)15-6-4-7-16(21)10-15/h3-10,12H,11H2,1-2H3. The van der Waals surface area contributed by atoms with Crippen LogP contribution in [0.25, 0.3) is 0 Å². The summed E-state index contributed by atoms with van der Waals surface area (Å²) < 4.78 is 5.29. The van der Waals surface area contributed by atoms with Gasteiger partial charge in [-0.15, -0.1) is 11.3 Å². The monoisotopic (exact) mass is 400 g/mol. The van der Waals surface area contributed by atoms with Gasteiger partial charge in [0.15, 0.2) is 5.13 Å². The number of benzene rings is 2. The molecule has 0 spiro atoms. The molecule has 0 N–H and O–H groups in total. The fraction of sp³-hybridized carbons (Fsp3) is 0.150. The zero-order chi connectivity index (χ0) is 19.4. The summed E-state index contributed by atoms with van der Waals surface area (Å²) in [6.07, 6.45) is 0. The van der Waals surface area contributed by atoms with E-state index in [-0.39, 0.29) is 12.5 Å². The molecule has 138 valence electrons. The van der Waals surface area contributed by atoms with Crippen molar-refractivity contribution in [3.05, 3.63) is 75.8 Å². The van der Waals surface area contributed by atoms with E-state index >= 15 is 0 Å². The number of rotatable bonds is 5. The molecule has 0 unspecified atom stereocenters. The maximum Gasteiger partial charge on any atom is 0.338 e. The number of amides is 1. The van der Waals surface area contributed by atoms with Gasteiger partial charge in [-0.3, -0.25) is 9.69 Å². The number of hydrogen-bond donors (Lipinski definition) is 0. The molecular weight excluding hydrogens is 384 g/mol. The third kappa shape index (κ3) is 4.72. The van der Waals surface area contributed by atoms with Crippen molar-refractivity contribution >= 4 is 45.6 Å². The van der Waals surface area contributed by atoms with Gasteiger partial charge in [0.05, 0.1) is 16.9 Å². The summed E-state index contributed by atoms with van der Waals surface area (Å²) in [6, 6.07) is 14.2. The average Bonchev–Trinajstić information content (AvgIpc) is 3.08.